The van der Waals surface area contributed by atoms with Gasteiger partial charge >= 0.3 is 0 Å². The highest BCUT2D eigenvalue weighted by atomic mass is 32.2. The number of nitrogens with zero attached hydrogens (tertiary/aromatic N) is 2. The van der Waals surface area contributed by atoms with Gasteiger partial charge in [-0.25, -0.2) is 0 Å². The average Bonchev–Trinajstić information content (AvgIpc) is 3.21. The van der Waals surface area contributed by atoms with Crippen molar-refractivity contribution in [1.29, 1.82) is 0 Å². The first-order valence-corrected chi connectivity index (χ1v) is 9.83. The van der Waals surface area contributed by atoms with Gasteiger partial charge in [-0.1, -0.05) is 17.8 Å². The van der Waals surface area contributed by atoms with Crippen molar-refractivity contribution in [2.75, 3.05) is 38.0 Å². The molecular weight excluding hydrogens is 356 g/mol. The van der Waals surface area contributed by atoms with Gasteiger partial charge in [0, 0.05) is 18.4 Å². The highest BCUT2D eigenvalue weighted by Crippen LogP contribution is 2.35. The van der Waals surface area contributed by atoms with E-state index in [0.29, 0.717) is 11.5 Å². The molecule has 5 nitrogen and oxygen atoms in total. The van der Waals surface area contributed by atoms with E-state index in [9.17, 15) is 4.79 Å². The summed E-state index contributed by atoms with van der Waals surface area (Å²) in [5.41, 5.74) is 0.792. The van der Waals surface area contributed by atoms with Crippen LogP contribution in [0.1, 0.15) is 16.1 Å². The van der Waals surface area contributed by atoms with Crippen molar-refractivity contribution in [2.24, 2.45) is 4.99 Å². The van der Waals surface area contributed by atoms with Crippen molar-refractivity contribution in [3.63, 3.8) is 0 Å². The van der Waals surface area contributed by atoms with Gasteiger partial charge in [0.2, 0.25) is 0 Å². The predicted octanol–water partition coefficient (Wildman–Crippen LogP) is 3.95. The third-order valence-corrected chi connectivity index (χ3v) is 5.80. The summed E-state index contributed by atoms with van der Waals surface area (Å²) in [6.45, 7) is 0.994. The molecule has 1 aliphatic rings. The Balaban J connectivity index is 1.99. The van der Waals surface area contributed by atoms with Crippen molar-refractivity contribution in [2.45, 2.75) is 6.42 Å². The molecule has 1 aromatic carbocycles. The van der Waals surface area contributed by atoms with E-state index < -0.39 is 0 Å². The van der Waals surface area contributed by atoms with Crippen molar-refractivity contribution in [1.82, 2.24) is 0 Å². The Kier molecular flexibility index (Phi) is 5.99. The van der Waals surface area contributed by atoms with E-state index in [0.717, 1.165) is 34.5 Å². The largest absolute Gasteiger partial charge is 0.497 e. The lowest BCUT2D eigenvalue weighted by molar-refractivity contribution is 0.101. The molecule has 0 amide bonds. The maximum absolute atomic E-state index is 12.7. The Morgan fingerprint density at radius 1 is 1.28 bits per heavy atom. The summed E-state index contributed by atoms with van der Waals surface area (Å²) in [5.74, 6) is 2.46. The molecule has 0 unspecified atom stereocenters. The number of amidine groups is 1. The van der Waals surface area contributed by atoms with Crippen LogP contribution in [-0.2, 0) is 0 Å². The van der Waals surface area contributed by atoms with Gasteiger partial charge in [-0.3, -0.25) is 9.79 Å². The second kappa shape index (κ2) is 8.40. The molecule has 132 valence electrons. The molecule has 1 aliphatic heterocycles. The number of hydrogen-bond acceptors (Lipinski definition) is 7. The second-order valence-corrected chi connectivity index (χ2v) is 7.40. The number of carbonyl (C=O) groups excluding carboxylic acids is 1. The Morgan fingerprint density at radius 3 is 2.80 bits per heavy atom. The first-order chi connectivity index (χ1) is 12.2. The van der Waals surface area contributed by atoms with Gasteiger partial charge in [0.1, 0.15) is 11.5 Å². The van der Waals surface area contributed by atoms with Crippen LogP contribution in [0.2, 0.25) is 0 Å². The van der Waals surface area contributed by atoms with E-state index in [2.05, 4.69) is 4.99 Å². The van der Waals surface area contributed by atoms with Crippen LogP contribution in [0.25, 0.3) is 0 Å². The molecule has 25 heavy (non-hydrogen) atoms. The summed E-state index contributed by atoms with van der Waals surface area (Å²) in [7, 11) is 3.25. The van der Waals surface area contributed by atoms with Gasteiger partial charge in [-0.15, -0.1) is 11.3 Å². The quantitative estimate of drug-likeness (QED) is 0.715. The lowest BCUT2D eigenvalue weighted by Crippen LogP contribution is -2.35. The zero-order valence-electron chi connectivity index (χ0n) is 14.2. The van der Waals surface area contributed by atoms with E-state index in [1.165, 1.54) is 11.3 Å². The first-order valence-electron chi connectivity index (χ1n) is 7.96. The Hall–Kier alpha value is -1.99. The number of rotatable bonds is 6. The molecule has 0 bridgehead atoms. The van der Waals surface area contributed by atoms with Crippen molar-refractivity contribution in [3.8, 4) is 11.5 Å². The average molecular weight is 377 g/mol. The summed E-state index contributed by atoms with van der Waals surface area (Å²) in [6.07, 6.45) is 1.05. The molecule has 0 radical (unpaired) electrons. The topological polar surface area (TPSA) is 51.1 Å². The van der Waals surface area contributed by atoms with Crippen LogP contribution in [0.4, 0.5) is 5.69 Å². The third kappa shape index (κ3) is 4.16. The second-order valence-electron chi connectivity index (χ2n) is 5.39. The molecule has 0 saturated heterocycles. The van der Waals surface area contributed by atoms with Crippen molar-refractivity contribution < 1.29 is 14.3 Å². The molecule has 0 N–H and O–H groups in total. The van der Waals surface area contributed by atoms with Crippen LogP contribution < -0.4 is 14.4 Å². The molecular formula is C18H20N2O3S2. The van der Waals surface area contributed by atoms with Crippen molar-refractivity contribution in [3.05, 3.63) is 40.6 Å². The Morgan fingerprint density at radius 2 is 2.16 bits per heavy atom. The van der Waals surface area contributed by atoms with E-state index in [4.69, 9.17) is 9.47 Å². The van der Waals surface area contributed by atoms with Gasteiger partial charge < -0.3 is 14.4 Å². The fourth-order valence-electron chi connectivity index (χ4n) is 2.53. The summed E-state index contributed by atoms with van der Waals surface area (Å²) in [5, 5.41) is 2.76. The maximum Gasteiger partial charge on any atom is 0.192 e. The van der Waals surface area contributed by atoms with Gasteiger partial charge in [-0.2, -0.15) is 0 Å². The number of aliphatic imine (C=N–C) groups is 1. The fourth-order valence-corrected chi connectivity index (χ4v) is 4.15. The number of thioether (sulfide) groups is 1. The number of anilines is 1. The molecule has 3 rings (SSSR count). The number of benzene rings is 1. The number of carbonyl (C=O) groups is 1. The monoisotopic (exact) mass is 376 g/mol. The molecule has 7 heteroatoms. The smallest absolute Gasteiger partial charge is 0.192 e. The molecule has 1 aromatic heterocycles. The normalized spacial score (nSPS) is 13.9. The van der Waals surface area contributed by atoms with Crippen LogP contribution in [0.15, 0.2) is 40.7 Å². The minimum absolute atomic E-state index is 0.0637. The van der Waals surface area contributed by atoms with Gasteiger partial charge in [-0.05, 0) is 30.0 Å². The van der Waals surface area contributed by atoms with Gasteiger partial charge in [0.15, 0.2) is 11.0 Å². The molecule has 0 fully saturated rings. The molecule has 2 aromatic rings. The van der Waals surface area contributed by atoms with Crippen LogP contribution >= 0.6 is 23.1 Å². The Labute approximate surface area is 155 Å². The zero-order chi connectivity index (χ0) is 17.6. The fraction of sp³-hybridized carbons (Fsp3) is 0.333. The zero-order valence-corrected chi connectivity index (χ0v) is 15.9. The molecule has 0 atom stereocenters. The standard InChI is InChI=1S/C18H20N2O3S2/c1-22-13-6-7-16(23-2)14(11-13)20(18-19-8-4-10-25-18)12-15(21)17-5-3-9-24-17/h3,5-7,9,11H,4,8,10,12H2,1-2H3. The van der Waals surface area contributed by atoms with Gasteiger partial charge in [0.05, 0.1) is 31.3 Å². The van der Waals surface area contributed by atoms with Crippen LogP contribution in [0.5, 0.6) is 11.5 Å². The van der Waals surface area contributed by atoms with E-state index in [1.807, 2.05) is 40.6 Å². The van der Waals surface area contributed by atoms with Crippen molar-refractivity contribution >= 4 is 39.7 Å². The SMILES string of the molecule is COc1ccc(OC)c(N(CC(=O)c2cccs2)C2=NCCCS2)c1. The number of methoxy groups -OCH3 is 2. The minimum Gasteiger partial charge on any atom is -0.497 e. The lowest BCUT2D eigenvalue weighted by atomic mass is 10.2. The maximum atomic E-state index is 12.7. The molecule has 0 spiro atoms. The van der Waals surface area contributed by atoms with Crippen LogP contribution in [-0.4, -0.2) is 44.0 Å². The number of Topliss-reactive ketones (excluding diaryl/α,β-unsaturated/α-hetero) is 1. The number of ketones is 1. The highest BCUT2D eigenvalue weighted by Gasteiger charge is 2.24. The van der Waals surface area contributed by atoms with Crippen LogP contribution in [0, 0.1) is 0 Å². The third-order valence-electron chi connectivity index (χ3n) is 3.79. The summed E-state index contributed by atoms with van der Waals surface area (Å²) >= 11 is 3.12. The first kappa shape index (κ1) is 17.8. The minimum atomic E-state index is 0.0637. The summed E-state index contributed by atoms with van der Waals surface area (Å²) in [6, 6.07) is 9.32. The highest BCUT2D eigenvalue weighted by molar-refractivity contribution is 8.14. The summed E-state index contributed by atoms with van der Waals surface area (Å²) in [4.78, 5) is 20.0. The number of hydrogen-bond donors (Lipinski definition) is 0. The van der Waals surface area contributed by atoms with E-state index in [1.54, 1.807) is 26.0 Å². The van der Waals surface area contributed by atoms with Gasteiger partial charge in [0.25, 0.3) is 0 Å². The van der Waals surface area contributed by atoms with Crippen LogP contribution in [0.3, 0.4) is 0 Å². The Bertz CT molecular complexity index is 760. The molecule has 2 heterocycles. The molecule has 0 aliphatic carbocycles. The van der Waals surface area contributed by atoms with E-state index >= 15 is 0 Å². The predicted molar refractivity (Wildman–Crippen MR) is 105 cm³/mol. The summed E-state index contributed by atoms with van der Waals surface area (Å²) < 4.78 is 10.9. The number of ether oxygens (including phenoxy) is 2. The van der Waals surface area contributed by atoms with E-state index in [-0.39, 0.29) is 12.3 Å². The number of thiophene rings is 1. The lowest BCUT2D eigenvalue weighted by Gasteiger charge is -2.28. The molecule has 0 saturated carbocycles.